The highest BCUT2D eigenvalue weighted by atomic mass is 32.1. The Morgan fingerprint density at radius 3 is 2.50 bits per heavy atom. The molecule has 0 bridgehead atoms. The Morgan fingerprint density at radius 2 is 1.90 bits per heavy atom. The van der Waals surface area contributed by atoms with Gasteiger partial charge in [-0.3, -0.25) is 0 Å². The van der Waals surface area contributed by atoms with Crippen LogP contribution in [0.5, 0.6) is 0 Å². The fourth-order valence-electron chi connectivity index (χ4n) is 2.41. The van der Waals surface area contributed by atoms with E-state index in [-0.39, 0.29) is 0 Å². The zero-order chi connectivity index (χ0) is 14.4. The average Bonchev–Trinajstić information content (AvgIpc) is 2.84. The third-order valence-electron chi connectivity index (χ3n) is 3.49. The molecule has 0 spiro atoms. The van der Waals surface area contributed by atoms with Gasteiger partial charge in [0.25, 0.3) is 0 Å². The highest BCUT2D eigenvalue weighted by Crippen LogP contribution is 2.19. The summed E-state index contributed by atoms with van der Waals surface area (Å²) < 4.78 is 0. The number of nitrogens with zero attached hydrogens (tertiary/aromatic N) is 1. The van der Waals surface area contributed by atoms with Gasteiger partial charge in [-0.1, -0.05) is 36.8 Å². The minimum Gasteiger partial charge on any atom is -0.317 e. The predicted octanol–water partition coefficient (Wildman–Crippen LogP) is 3.77. The van der Waals surface area contributed by atoms with Crippen LogP contribution in [0.1, 0.15) is 27.9 Å². The second-order valence-corrected chi connectivity index (χ2v) is 6.73. The molecule has 0 amide bonds. The summed E-state index contributed by atoms with van der Waals surface area (Å²) in [4.78, 5) is 5.77. The van der Waals surface area contributed by atoms with Crippen LogP contribution >= 0.6 is 11.3 Å². The lowest BCUT2D eigenvalue weighted by molar-refractivity contribution is 0.481. The van der Waals surface area contributed by atoms with E-state index >= 15 is 0 Å². The first-order valence-electron chi connectivity index (χ1n) is 7.35. The summed E-state index contributed by atoms with van der Waals surface area (Å²) >= 11 is 1.82. The van der Waals surface area contributed by atoms with E-state index in [0.29, 0.717) is 5.92 Å². The summed E-state index contributed by atoms with van der Waals surface area (Å²) in [5, 5.41) is 4.66. The van der Waals surface area contributed by atoms with Crippen LogP contribution in [-0.4, -0.2) is 18.1 Å². The molecule has 2 rings (SSSR count). The molecule has 0 saturated heterocycles. The Morgan fingerprint density at radius 1 is 1.15 bits per heavy atom. The molecule has 1 aromatic carbocycles. The molecule has 0 aliphatic heterocycles. The fourth-order valence-corrected chi connectivity index (χ4v) is 3.32. The largest absolute Gasteiger partial charge is 0.317 e. The number of rotatable bonds is 7. The number of benzene rings is 1. The maximum absolute atomic E-state index is 4.37. The highest BCUT2D eigenvalue weighted by molar-refractivity contribution is 7.11. The molecule has 2 nitrogen and oxygen atoms in total. The minimum atomic E-state index is 0.637. The molecular weight excluding hydrogens is 264 g/mol. The normalized spacial score (nSPS) is 12.6. The molecule has 0 saturated carbocycles. The predicted molar refractivity (Wildman–Crippen MR) is 87.5 cm³/mol. The average molecular weight is 288 g/mol. The van der Waals surface area contributed by atoms with E-state index in [1.54, 1.807) is 0 Å². The van der Waals surface area contributed by atoms with Crippen molar-refractivity contribution in [2.75, 3.05) is 13.1 Å². The molecule has 1 aromatic heterocycles. The number of hydrogen-bond acceptors (Lipinski definition) is 3. The molecule has 0 aliphatic carbocycles. The molecule has 0 radical (unpaired) electrons. The summed E-state index contributed by atoms with van der Waals surface area (Å²) in [6, 6.07) is 8.92. The fraction of sp³-hybridized carbons (Fsp3) is 0.471. The lowest BCUT2D eigenvalue weighted by Crippen LogP contribution is -2.25. The second-order valence-electron chi connectivity index (χ2n) is 5.41. The summed E-state index contributed by atoms with van der Waals surface area (Å²) in [7, 11) is 0. The maximum atomic E-state index is 4.37. The van der Waals surface area contributed by atoms with Crippen molar-refractivity contribution in [3.05, 3.63) is 51.5 Å². The Labute approximate surface area is 126 Å². The van der Waals surface area contributed by atoms with E-state index in [0.717, 1.165) is 30.9 Å². The van der Waals surface area contributed by atoms with Crippen molar-refractivity contribution >= 4 is 11.3 Å². The Balaban J connectivity index is 2.00. The second kappa shape index (κ2) is 7.55. The third kappa shape index (κ3) is 4.73. The van der Waals surface area contributed by atoms with Crippen LogP contribution < -0.4 is 5.32 Å². The molecule has 2 aromatic rings. The van der Waals surface area contributed by atoms with Crippen molar-refractivity contribution in [1.29, 1.82) is 0 Å². The number of thiazole rings is 1. The van der Waals surface area contributed by atoms with Crippen LogP contribution in [0, 0.1) is 19.8 Å². The molecule has 1 unspecified atom stereocenters. The Kier molecular flexibility index (Phi) is 5.74. The van der Waals surface area contributed by atoms with Gasteiger partial charge in [-0.2, -0.15) is 0 Å². The summed E-state index contributed by atoms with van der Waals surface area (Å²) in [5.41, 5.74) is 2.76. The van der Waals surface area contributed by atoms with Crippen LogP contribution in [0.3, 0.4) is 0 Å². The van der Waals surface area contributed by atoms with E-state index in [9.17, 15) is 0 Å². The maximum Gasteiger partial charge on any atom is 0.0896 e. The van der Waals surface area contributed by atoms with Crippen LogP contribution in [0.2, 0.25) is 0 Å². The van der Waals surface area contributed by atoms with Crippen molar-refractivity contribution in [2.24, 2.45) is 5.92 Å². The monoisotopic (exact) mass is 288 g/mol. The Bertz CT molecular complexity index is 516. The van der Waals surface area contributed by atoms with Gasteiger partial charge in [0.2, 0.25) is 0 Å². The van der Waals surface area contributed by atoms with Crippen molar-refractivity contribution in [2.45, 2.75) is 33.6 Å². The highest BCUT2D eigenvalue weighted by Gasteiger charge is 2.12. The summed E-state index contributed by atoms with van der Waals surface area (Å²) in [6.45, 7) is 8.49. The van der Waals surface area contributed by atoms with Crippen LogP contribution in [-0.2, 0) is 12.8 Å². The van der Waals surface area contributed by atoms with Gasteiger partial charge < -0.3 is 5.32 Å². The number of nitrogens with one attached hydrogen (secondary N) is 1. The van der Waals surface area contributed by atoms with E-state index in [1.165, 1.54) is 16.0 Å². The molecule has 1 atom stereocenters. The molecule has 0 aliphatic rings. The Hall–Kier alpha value is -1.19. The van der Waals surface area contributed by atoms with E-state index < -0.39 is 0 Å². The standard InChI is InChI=1S/C17H24N2S/c1-4-18-11-16(10-17-12-19-14(3)20-17)9-15-7-5-13(2)6-8-15/h5-8,12,16,18H,4,9-11H2,1-3H3. The van der Waals surface area contributed by atoms with Gasteiger partial charge in [0.1, 0.15) is 0 Å². The zero-order valence-corrected chi connectivity index (χ0v) is 13.5. The van der Waals surface area contributed by atoms with Crippen LogP contribution in [0.25, 0.3) is 0 Å². The molecule has 1 N–H and O–H groups in total. The van der Waals surface area contributed by atoms with E-state index in [2.05, 4.69) is 55.3 Å². The van der Waals surface area contributed by atoms with Gasteiger partial charge in [-0.25, -0.2) is 4.98 Å². The number of aryl methyl sites for hydroxylation is 2. The lowest BCUT2D eigenvalue weighted by Gasteiger charge is -2.16. The first kappa shape index (κ1) is 15.2. The van der Waals surface area contributed by atoms with Crippen LogP contribution in [0.15, 0.2) is 30.5 Å². The van der Waals surface area contributed by atoms with E-state index in [1.807, 2.05) is 17.5 Å². The van der Waals surface area contributed by atoms with Gasteiger partial charge >= 0.3 is 0 Å². The van der Waals surface area contributed by atoms with Crippen molar-refractivity contribution in [3.63, 3.8) is 0 Å². The van der Waals surface area contributed by atoms with Gasteiger partial charge in [0.05, 0.1) is 5.01 Å². The van der Waals surface area contributed by atoms with Crippen molar-refractivity contribution in [1.82, 2.24) is 10.3 Å². The van der Waals surface area contributed by atoms with Crippen LogP contribution in [0.4, 0.5) is 0 Å². The molecule has 108 valence electrons. The molecule has 1 heterocycles. The summed E-state index contributed by atoms with van der Waals surface area (Å²) in [6.07, 6.45) is 4.28. The van der Waals surface area contributed by atoms with Gasteiger partial charge in [-0.05, 0) is 51.3 Å². The van der Waals surface area contributed by atoms with E-state index in [4.69, 9.17) is 0 Å². The minimum absolute atomic E-state index is 0.637. The number of hydrogen-bond donors (Lipinski definition) is 1. The molecule has 3 heteroatoms. The number of aromatic nitrogens is 1. The first-order valence-corrected chi connectivity index (χ1v) is 8.16. The third-order valence-corrected chi connectivity index (χ3v) is 4.42. The smallest absolute Gasteiger partial charge is 0.0896 e. The zero-order valence-electron chi connectivity index (χ0n) is 12.6. The van der Waals surface area contributed by atoms with Crippen molar-refractivity contribution < 1.29 is 0 Å². The van der Waals surface area contributed by atoms with Gasteiger partial charge in [-0.15, -0.1) is 11.3 Å². The van der Waals surface area contributed by atoms with Gasteiger partial charge in [0, 0.05) is 11.1 Å². The molecule has 20 heavy (non-hydrogen) atoms. The first-order chi connectivity index (χ1) is 9.67. The van der Waals surface area contributed by atoms with Gasteiger partial charge in [0.15, 0.2) is 0 Å². The summed E-state index contributed by atoms with van der Waals surface area (Å²) in [5.74, 6) is 0.637. The molecule has 0 fully saturated rings. The van der Waals surface area contributed by atoms with Crippen molar-refractivity contribution in [3.8, 4) is 0 Å². The quantitative estimate of drug-likeness (QED) is 0.839. The SMILES string of the molecule is CCNCC(Cc1ccc(C)cc1)Cc1cnc(C)s1. The molecular formula is C17H24N2S. The topological polar surface area (TPSA) is 24.9 Å². The lowest BCUT2D eigenvalue weighted by atomic mass is 9.95.